The van der Waals surface area contributed by atoms with Gasteiger partial charge in [0.1, 0.15) is 0 Å². The Balaban J connectivity index is 1.98. The van der Waals surface area contributed by atoms with E-state index in [9.17, 15) is 0 Å². The van der Waals surface area contributed by atoms with E-state index in [1.165, 1.54) is 24.3 Å². The molecule has 1 aliphatic heterocycles. The van der Waals surface area contributed by atoms with Crippen molar-refractivity contribution in [3.05, 3.63) is 0 Å². The molecule has 0 spiro atoms. The van der Waals surface area contributed by atoms with Gasteiger partial charge in [-0.15, -0.1) is 0 Å². The molecule has 0 amide bonds. The lowest BCUT2D eigenvalue weighted by atomic mass is 10.0. The molecule has 0 aromatic rings. The van der Waals surface area contributed by atoms with E-state index in [1.54, 1.807) is 0 Å². The van der Waals surface area contributed by atoms with Crippen molar-refractivity contribution in [2.45, 2.75) is 24.6 Å². The van der Waals surface area contributed by atoms with Gasteiger partial charge in [0.15, 0.2) is 0 Å². The van der Waals surface area contributed by atoms with Crippen molar-refractivity contribution >= 4 is 27.7 Å². The van der Waals surface area contributed by atoms with Crippen LogP contribution in [0.5, 0.6) is 0 Å². The van der Waals surface area contributed by atoms with Crippen LogP contribution in [0, 0.1) is 5.92 Å². The van der Waals surface area contributed by atoms with E-state index in [1.807, 2.05) is 0 Å². The zero-order valence-corrected chi connectivity index (χ0v) is 9.99. The van der Waals surface area contributed by atoms with E-state index in [0.29, 0.717) is 0 Å². The van der Waals surface area contributed by atoms with Gasteiger partial charge < -0.3 is 4.74 Å². The summed E-state index contributed by atoms with van der Waals surface area (Å²) >= 11 is 5.78. The predicted molar refractivity (Wildman–Crippen MR) is 59.3 cm³/mol. The van der Waals surface area contributed by atoms with Gasteiger partial charge in [-0.05, 0) is 31.4 Å². The van der Waals surface area contributed by atoms with Crippen molar-refractivity contribution in [3.8, 4) is 0 Å². The first-order chi connectivity index (χ1) is 5.84. The average Bonchev–Trinajstić information content (AvgIpc) is 2.46. The van der Waals surface area contributed by atoms with E-state index in [-0.39, 0.29) is 0 Å². The molecule has 1 fully saturated rings. The molecule has 1 nitrogen and oxygen atoms in total. The molecule has 0 aromatic carbocycles. The highest BCUT2D eigenvalue weighted by Crippen LogP contribution is 2.32. The predicted octanol–water partition coefficient (Wildman–Crippen LogP) is 2.93. The minimum atomic E-state index is 0.754. The molecule has 0 bridgehead atoms. The molecule has 2 atom stereocenters. The van der Waals surface area contributed by atoms with Crippen LogP contribution >= 0.6 is 27.7 Å². The van der Waals surface area contributed by atoms with Gasteiger partial charge in [-0.2, -0.15) is 11.8 Å². The van der Waals surface area contributed by atoms with Gasteiger partial charge in [-0.25, -0.2) is 0 Å². The molecule has 3 heteroatoms. The number of ether oxygens (including phenoxy) is 1. The highest BCUT2D eigenvalue weighted by molar-refractivity contribution is 9.09. The third-order valence-electron chi connectivity index (χ3n) is 2.19. The zero-order valence-electron chi connectivity index (χ0n) is 7.59. The van der Waals surface area contributed by atoms with Crippen molar-refractivity contribution in [1.82, 2.24) is 0 Å². The second-order valence-electron chi connectivity index (χ2n) is 3.15. The van der Waals surface area contributed by atoms with Crippen LogP contribution in [-0.2, 0) is 4.74 Å². The number of halogens is 1. The summed E-state index contributed by atoms with van der Waals surface area (Å²) in [5.74, 6) is 3.51. The second kappa shape index (κ2) is 6.28. The van der Waals surface area contributed by atoms with E-state index in [2.05, 4.69) is 34.6 Å². The van der Waals surface area contributed by atoms with E-state index >= 15 is 0 Å². The monoisotopic (exact) mass is 252 g/mol. The van der Waals surface area contributed by atoms with Crippen molar-refractivity contribution in [3.63, 3.8) is 0 Å². The summed E-state index contributed by atoms with van der Waals surface area (Å²) in [6.45, 7) is 3.85. The molecule has 1 rings (SSSR count). The first-order valence-corrected chi connectivity index (χ1v) is 6.71. The Morgan fingerprint density at radius 2 is 2.33 bits per heavy atom. The van der Waals surface area contributed by atoms with Gasteiger partial charge in [0.25, 0.3) is 0 Å². The van der Waals surface area contributed by atoms with Crippen LogP contribution in [-0.4, -0.2) is 29.5 Å². The third kappa shape index (κ3) is 3.67. The van der Waals surface area contributed by atoms with Crippen molar-refractivity contribution in [1.29, 1.82) is 0 Å². The van der Waals surface area contributed by atoms with Crippen LogP contribution < -0.4 is 0 Å². The maximum absolute atomic E-state index is 5.31. The Morgan fingerprint density at radius 1 is 1.50 bits per heavy atom. The average molecular weight is 253 g/mol. The fourth-order valence-corrected chi connectivity index (χ4v) is 4.02. The number of thioether (sulfide) groups is 1. The molecule has 0 aromatic heterocycles. The lowest BCUT2D eigenvalue weighted by Crippen LogP contribution is -2.12. The summed E-state index contributed by atoms with van der Waals surface area (Å²) in [6.07, 6.45) is 2.55. The van der Waals surface area contributed by atoms with Crippen LogP contribution in [0.25, 0.3) is 0 Å². The molecule has 0 aliphatic carbocycles. The SMILES string of the molecule is CCOCCCC1CSCC1Br. The lowest BCUT2D eigenvalue weighted by molar-refractivity contribution is 0.140. The van der Waals surface area contributed by atoms with Crippen molar-refractivity contribution < 1.29 is 4.74 Å². The Bertz CT molecular complexity index is 121. The van der Waals surface area contributed by atoms with E-state index in [4.69, 9.17) is 4.74 Å². The first-order valence-electron chi connectivity index (χ1n) is 4.64. The molecule has 1 aliphatic rings. The van der Waals surface area contributed by atoms with Crippen LogP contribution in [0.2, 0.25) is 0 Å². The maximum atomic E-state index is 5.31. The van der Waals surface area contributed by atoms with Gasteiger partial charge in [-0.1, -0.05) is 15.9 Å². The fraction of sp³-hybridized carbons (Fsp3) is 1.00. The summed E-state index contributed by atoms with van der Waals surface area (Å²) in [5.41, 5.74) is 0. The minimum absolute atomic E-state index is 0.754. The number of hydrogen-bond donors (Lipinski definition) is 0. The second-order valence-corrected chi connectivity index (χ2v) is 5.40. The number of rotatable bonds is 5. The molecular formula is C9H17BrOS. The van der Waals surface area contributed by atoms with Gasteiger partial charge >= 0.3 is 0 Å². The van der Waals surface area contributed by atoms with E-state index < -0.39 is 0 Å². The van der Waals surface area contributed by atoms with Gasteiger partial charge in [0, 0.05) is 23.8 Å². The molecule has 12 heavy (non-hydrogen) atoms. The molecule has 2 unspecified atom stereocenters. The summed E-state index contributed by atoms with van der Waals surface area (Å²) in [7, 11) is 0. The molecule has 72 valence electrons. The normalized spacial score (nSPS) is 29.5. The van der Waals surface area contributed by atoms with E-state index in [0.717, 1.165) is 24.0 Å². The molecule has 0 radical (unpaired) electrons. The largest absolute Gasteiger partial charge is 0.382 e. The van der Waals surface area contributed by atoms with Gasteiger partial charge in [0.05, 0.1) is 0 Å². The van der Waals surface area contributed by atoms with Crippen LogP contribution in [0.4, 0.5) is 0 Å². The molecule has 0 N–H and O–H groups in total. The van der Waals surface area contributed by atoms with Crippen LogP contribution in [0.15, 0.2) is 0 Å². The molecule has 1 heterocycles. The zero-order chi connectivity index (χ0) is 8.81. The minimum Gasteiger partial charge on any atom is -0.382 e. The van der Waals surface area contributed by atoms with Gasteiger partial charge in [0.2, 0.25) is 0 Å². The lowest BCUT2D eigenvalue weighted by Gasteiger charge is -2.11. The standard InChI is InChI=1S/C9H17BrOS/c1-2-11-5-3-4-8-6-12-7-9(8)10/h8-9H,2-7H2,1H3. The molecular weight excluding hydrogens is 236 g/mol. The number of alkyl halides is 1. The maximum Gasteiger partial charge on any atom is 0.0466 e. The Morgan fingerprint density at radius 3 is 2.92 bits per heavy atom. The summed E-state index contributed by atoms with van der Waals surface area (Å²) in [5, 5.41) is 0. The molecule has 1 saturated heterocycles. The fourth-order valence-electron chi connectivity index (χ4n) is 1.43. The van der Waals surface area contributed by atoms with Crippen LogP contribution in [0.1, 0.15) is 19.8 Å². The number of hydrogen-bond acceptors (Lipinski definition) is 2. The highest BCUT2D eigenvalue weighted by atomic mass is 79.9. The third-order valence-corrected chi connectivity index (χ3v) is 4.95. The summed E-state index contributed by atoms with van der Waals surface area (Å²) in [4.78, 5) is 0.754. The quantitative estimate of drug-likeness (QED) is 0.550. The van der Waals surface area contributed by atoms with Crippen molar-refractivity contribution in [2.24, 2.45) is 5.92 Å². The van der Waals surface area contributed by atoms with Crippen molar-refractivity contribution in [2.75, 3.05) is 24.7 Å². The molecule has 0 saturated carbocycles. The topological polar surface area (TPSA) is 9.23 Å². The first kappa shape index (κ1) is 10.9. The van der Waals surface area contributed by atoms with Gasteiger partial charge in [-0.3, -0.25) is 0 Å². The Labute approximate surface area is 87.8 Å². The summed E-state index contributed by atoms with van der Waals surface area (Å²) < 4.78 is 5.31. The van der Waals surface area contributed by atoms with Crippen LogP contribution in [0.3, 0.4) is 0 Å². The Kier molecular flexibility index (Phi) is 5.68. The summed E-state index contributed by atoms with van der Waals surface area (Å²) in [6, 6.07) is 0. The highest BCUT2D eigenvalue weighted by Gasteiger charge is 2.24. The Hall–Kier alpha value is 0.790. The smallest absolute Gasteiger partial charge is 0.0466 e.